The van der Waals surface area contributed by atoms with Crippen molar-refractivity contribution in [2.24, 2.45) is 0 Å². The Morgan fingerprint density at radius 2 is 1.91 bits per heavy atom. The van der Waals surface area contributed by atoms with E-state index >= 15 is 0 Å². The zero-order valence-corrected chi connectivity index (χ0v) is 14.8. The second kappa shape index (κ2) is 5.21. The maximum Gasteiger partial charge on any atom is 0.296 e. The summed E-state index contributed by atoms with van der Waals surface area (Å²) in [6.07, 6.45) is 0.914. The molecule has 1 aliphatic heterocycles. The van der Waals surface area contributed by atoms with Gasteiger partial charge in [0, 0.05) is 18.0 Å². The highest BCUT2D eigenvalue weighted by Crippen LogP contribution is 2.51. The predicted octanol–water partition coefficient (Wildman–Crippen LogP) is 3.98. The van der Waals surface area contributed by atoms with Gasteiger partial charge in [0.2, 0.25) is 0 Å². The van der Waals surface area contributed by atoms with E-state index in [0.29, 0.717) is 5.69 Å². The molecule has 0 amide bonds. The van der Waals surface area contributed by atoms with Crippen LogP contribution in [0, 0.1) is 0 Å². The van der Waals surface area contributed by atoms with Crippen molar-refractivity contribution in [1.82, 2.24) is 0 Å². The zero-order chi connectivity index (χ0) is 17.0. The van der Waals surface area contributed by atoms with Crippen LogP contribution in [0.1, 0.15) is 39.7 Å². The summed E-state index contributed by atoms with van der Waals surface area (Å²) in [4.78, 5) is 2.15. The van der Waals surface area contributed by atoms with Crippen LogP contribution in [-0.4, -0.2) is 25.6 Å². The van der Waals surface area contributed by atoms with Crippen LogP contribution in [0.25, 0.3) is 10.8 Å². The first-order valence-corrected chi connectivity index (χ1v) is 9.44. The Morgan fingerprint density at radius 3 is 2.52 bits per heavy atom. The Balaban J connectivity index is 2.49. The lowest BCUT2D eigenvalue weighted by Crippen LogP contribution is -2.39. The fraction of sp³-hybridized carbons (Fsp3) is 0.444. The predicted molar refractivity (Wildman–Crippen MR) is 93.9 cm³/mol. The molecule has 0 aromatic heterocycles. The molecule has 2 aromatic rings. The van der Waals surface area contributed by atoms with E-state index in [2.05, 4.69) is 32.6 Å². The summed E-state index contributed by atoms with van der Waals surface area (Å²) >= 11 is 0. The third-order valence-electron chi connectivity index (χ3n) is 5.17. The lowest BCUT2D eigenvalue weighted by atomic mass is 9.79. The number of fused-ring (bicyclic) bond motifs is 3. The molecule has 1 heterocycles. The standard InChI is InChI=1S/C18H23NO3S/c1-5-10-19-12(2)18(3,4)16-14-9-7-6-8-13(14)11-15(17(16)19)23(20,21)22/h6-9,11-12H,5,10H2,1-4H3,(H,20,21,22). The number of rotatable bonds is 3. The van der Waals surface area contributed by atoms with Gasteiger partial charge in [0.1, 0.15) is 4.90 Å². The molecule has 124 valence electrons. The molecule has 0 fully saturated rings. The van der Waals surface area contributed by atoms with Gasteiger partial charge in [-0.15, -0.1) is 0 Å². The highest BCUT2D eigenvalue weighted by molar-refractivity contribution is 7.86. The quantitative estimate of drug-likeness (QED) is 0.863. The Morgan fingerprint density at radius 1 is 1.26 bits per heavy atom. The minimum atomic E-state index is -4.29. The van der Waals surface area contributed by atoms with Gasteiger partial charge >= 0.3 is 0 Å². The van der Waals surface area contributed by atoms with Gasteiger partial charge in [-0.25, -0.2) is 0 Å². The molecule has 0 saturated carbocycles. The molecule has 4 nitrogen and oxygen atoms in total. The van der Waals surface area contributed by atoms with Crippen molar-refractivity contribution >= 4 is 26.6 Å². The second-order valence-electron chi connectivity index (χ2n) is 6.89. The molecule has 2 aromatic carbocycles. The fourth-order valence-electron chi connectivity index (χ4n) is 3.78. The molecular formula is C18H23NO3S. The van der Waals surface area contributed by atoms with Crippen LogP contribution >= 0.6 is 0 Å². The first-order chi connectivity index (χ1) is 10.7. The van der Waals surface area contributed by atoms with Gasteiger partial charge in [0.25, 0.3) is 10.1 Å². The van der Waals surface area contributed by atoms with Crippen molar-refractivity contribution in [3.8, 4) is 0 Å². The van der Waals surface area contributed by atoms with Gasteiger partial charge in [0.05, 0.1) is 5.69 Å². The van der Waals surface area contributed by atoms with Crippen molar-refractivity contribution in [2.45, 2.75) is 50.5 Å². The van der Waals surface area contributed by atoms with Gasteiger partial charge in [-0.2, -0.15) is 8.42 Å². The van der Waals surface area contributed by atoms with Crippen LogP contribution in [0.4, 0.5) is 5.69 Å². The molecule has 5 heteroatoms. The molecule has 0 bridgehead atoms. The number of hydrogen-bond donors (Lipinski definition) is 1. The molecule has 0 aliphatic carbocycles. The van der Waals surface area contributed by atoms with Crippen molar-refractivity contribution in [3.05, 3.63) is 35.9 Å². The molecule has 1 unspecified atom stereocenters. The molecule has 23 heavy (non-hydrogen) atoms. The zero-order valence-electron chi connectivity index (χ0n) is 14.0. The monoisotopic (exact) mass is 333 g/mol. The van der Waals surface area contributed by atoms with Crippen LogP contribution in [-0.2, 0) is 15.5 Å². The van der Waals surface area contributed by atoms with Crippen LogP contribution in [0.3, 0.4) is 0 Å². The van der Waals surface area contributed by atoms with Crippen molar-refractivity contribution in [3.63, 3.8) is 0 Å². The molecule has 3 rings (SSSR count). The van der Waals surface area contributed by atoms with E-state index < -0.39 is 10.1 Å². The highest BCUT2D eigenvalue weighted by atomic mass is 32.2. The second-order valence-corrected chi connectivity index (χ2v) is 8.28. The largest absolute Gasteiger partial charge is 0.367 e. The normalized spacial score (nSPS) is 20.0. The van der Waals surface area contributed by atoms with E-state index in [9.17, 15) is 13.0 Å². The SMILES string of the molecule is CCCN1c2c(S(=O)(=O)O)cc3ccccc3c2C(C)(C)C1C. The number of hydrogen-bond acceptors (Lipinski definition) is 3. The van der Waals surface area contributed by atoms with E-state index in [0.717, 1.165) is 29.3 Å². The Labute approximate surface area is 137 Å². The Hall–Kier alpha value is -1.59. The lowest BCUT2D eigenvalue weighted by molar-refractivity contribution is 0.442. The number of nitrogens with zero attached hydrogens (tertiary/aromatic N) is 1. The molecule has 1 atom stereocenters. The fourth-order valence-corrected chi connectivity index (χ4v) is 4.52. The first kappa shape index (κ1) is 16.3. The Kier molecular flexibility index (Phi) is 3.69. The number of anilines is 1. The van der Waals surface area contributed by atoms with Gasteiger partial charge < -0.3 is 4.90 Å². The minimum Gasteiger partial charge on any atom is -0.367 e. The van der Waals surface area contributed by atoms with E-state index in [-0.39, 0.29) is 16.4 Å². The van der Waals surface area contributed by atoms with Gasteiger partial charge in [-0.3, -0.25) is 4.55 Å². The topological polar surface area (TPSA) is 57.6 Å². The molecular weight excluding hydrogens is 310 g/mol. The summed E-state index contributed by atoms with van der Waals surface area (Å²) in [6, 6.07) is 9.54. The summed E-state index contributed by atoms with van der Waals surface area (Å²) in [6.45, 7) is 9.25. The van der Waals surface area contributed by atoms with Crippen molar-refractivity contribution in [2.75, 3.05) is 11.4 Å². The van der Waals surface area contributed by atoms with Crippen LogP contribution in [0.2, 0.25) is 0 Å². The molecule has 0 saturated heterocycles. The summed E-state index contributed by atoms with van der Waals surface area (Å²) in [5.74, 6) is 0. The van der Waals surface area contributed by atoms with E-state index in [1.165, 1.54) is 0 Å². The van der Waals surface area contributed by atoms with E-state index in [1.807, 2.05) is 24.3 Å². The van der Waals surface area contributed by atoms with E-state index in [1.54, 1.807) is 6.07 Å². The van der Waals surface area contributed by atoms with Gasteiger partial charge in [-0.05, 0) is 35.7 Å². The summed E-state index contributed by atoms with van der Waals surface area (Å²) in [7, 11) is -4.29. The third-order valence-corrected chi connectivity index (χ3v) is 6.04. The Bertz CT molecular complexity index is 871. The van der Waals surface area contributed by atoms with Crippen LogP contribution in [0.5, 0.6) is 0 Å². The third kappa shape index (κ3) is 2.34. The van der Waals surface area contributed by atoms with Crippen molar-refractivity contribution < 1.29 is 13.0 Å². The average molecular weight is 333 g/mol. The maximum atomic E-state index is 12.0. The minimum absolute atomic E-state index is 0.0251. The van der Waals surface area contributed by atoms with Crippen LogP contribution < -0.4 is 4.90 Å². The highest BCUT2D eigenvalue weighted by Gasteiger charge is 2.45. The summed E-state index contributed by atoms with van der Waals surface area (Å²) < 4.78 is 33.9. The molecule has 1 aliphatic rings. The van der Waals surface area contributed by atoms with Gasteiger partial charge in [-0.1, -0.05) is 45.0 Å². The van der Waals surface area contributed by atoms with Crippen molar-refractivity contribution in [1.29, 1.82) is 0 Å². The first-order valence-electron chi connectivity index (χ1n) is 8.00. The molecule has 0 radical (unpaired) electrons. The maximum absolute atomic E-state index is 12.0. The smallest absolute Gasteiger partial charge is 0.296 e. The number of benzene rings is 2. The van der Waals surface area contributed by atoms with E-state index in [4.69, 9.17) is 0 Å². The molecule has 0 spiro atoms. The van der Waals surface area contributed by atoms with Gasteiger partial charge in [0.15, 0.2) is 0 Å². The van der Waals surface area contributed by atoms with Crippen LogP contribution in [0.15, 0.2) is 35.2 Å². The summed E-state index contributed by atoms with van der Waals surface area (Å²) in [5.41, 5.74) is 1.49. The lowest BCUT2D eigenvalue weighted by Gasteiger charge is -2.31. The average Bonchev–Trinajstić information content (AvgIpc) is 2.67. The molecule has 1 N–H and O–H groups in total. The summed E-state index contributed by atoms with van der Waals surface area (Å²) in [5, 5.41) is 1.91.